The fraction of sp³-hybridized carbons (Fsp3) is 0.280. The van der Waals surface area contributed by atoms with Crippen LogP contribution in [0.3, 0.4) is 0 Å². The molecule has 0 aliphatic carbocycles. The summed E-state index contributed by atoms with van der Waals surface area (Å²) in [5.41, 5.74) is 4.09. The number of fused-ring (bicyclic) bond motifs is 1. The number of pyridine rings is 1. The van der Waals surface area contributed by atoms with Gasteiger partial charge in [-0.05, 0) is 48.3 Å². The van der Waals surface area contributed by atoms with E-state index >= 15 is 0 Å². The highest BCUT2D eigenvalue weighted by Crippen LogP contribution is 2.41. The molecule has 2 aromatic carbocycles. The van der Waals surface area contributed by atoms with E-state index in [0.29, 0.717) is 52.3 Å². The molecule has 0 fully saturated rings. The number of benzene rings is 2. The molecule has 31 heavy (non-hydrogen) atoms. The smallest absolute Gasteiger partial charge is 0.336 e. The lowest BCUT2D eigenvalue weighted by atomic mass is 9.93. The third-order valence-corrected chi connectivity index (χ3v) is 5.31. The van der Waals surface area contributed by atoms with Crippen molar-refractivity contribution >= 4 is 28.5 Å². The Balaban J connectivity index is 2.31. The zero-order valence-electron chi connectivity index (χ0n) is 18.5. The average Bonchev–Trinajstić information content (AvgIpc) is 2.80. The molecule has 0 unspecified atom stereocenters. The monoisotopic (exact) mass is 421 g/mol. The Bertz CT molecular complexity index is 1150. The normalized spacial score (nSPS) is 11.5. The third kappa shape index (κ3) is 4.06. The largest absolute Gasteiger partial charge is 0.493 e. The van der Waals surface area contributed by atoms with E-state index in [1.54, 1.807) is 27.4 Å². The Morgan fingerprint density at radius 3 is 2.29 bits per heavy atom. The minimum atomic E-state index is -0.948. The molecule has 0 atom stereocenters. The third-order valence-electron chi connectivity index (χ3n) is 5.31. The fourth-order valence-corrected chi connectivity index (χ4v) is 3.87. The van der Waals surface area contributed by atoms with E-state index in [-0.39, 0.29) is 0 Å². The Hall–Kier alpha value is -3.54. The number of aromatic nitrogens is 1. The van der Waals surface area contributed by atoms with Crippen LogP contribution in [0.2, 0.25) is 0 Å². The van der Waals surface area contributed by atoms with E-state index in [2.05, 4.69) is 0 Å². The highest BCUT2D eigenvalue weighted by molar-refractivity contribution is 6.05. The van der Waals surface area contributed by atoms with E-state index < -0.39 is 5.97 Å². The first-order valence-electron chi connectivity index (χ1n) is 10.1. The number of carboxylic acid groups (broad SMARTS) is 1. The Kier molecular flexibility index (Phi) is 6.80. The van der Waals surface area contributed by atoms with Crippen molar-refractivity contribution < 1.29 is 24.1 Å². The molecule has 1 heterocycles. The van der Waals surface area contributed by atoms with Crippen LogP contribution in [-0.4, -0.2) is 37.4 Å². The van der Waals surface area contributed by atoms with Crippen LogP contribution in [0.5, 0.6) is 17.2 Å². The van der Waals surface area contributed by atoms with Crippen molar-refractivity contribution in [3.05, 3.63) is 58.8 Å². The number of hydrogen-bond donors (Lipinski definition) is 1. The van der Waals surface area contributed by atoms with Crippen LogP contribution in [-0.2, 0) is 6.42 Å². The van der Waals surface area contributed by atoms with Gasteiger partial charge in [0.25, 0.3) is 0 Å². The number of hydrogen-bond acceptors (Lipinski definition) is 5. The van der Waals surface area contributed by atoms with Crippen LogP contribution in [0.15, 0.2) is 36.4 Å². The second-order valence-corrected chi connectivity index (χ2v) is 6.94. The SMILES string of the molecule is CCC(=Cc1ccc(OC)c(OC)c1OC)c1nc2ccccc2c(C(=O)O)c1CC. The molecule has 1 aromatic heterocycles. The van der Waals surface area contributed by atoms with Gasteiger partial charge in [-0.1, -0.05) is 32.0 Å². The average molecular weight is 421 g/mol. The molecule has 6 heteroatoms. The molecule has 0 spiro atoms. The fourth-order valence-electron chi connectivity index (χ4n) is 3.87. The number of para-hydroxylation sites is 1. The minimum absolute atomic E-state index is 0.307. The molecule has 3 rings (SSSR count). The van der Waals surface area contributed by atoms with Crippen LogP contribution in [0.4, 0.5) is 0 Å². The highest BCUT2D eigenvalue weighted by Gasteiger charge is 2.21. The summed E-state index contributed by atoms with van der Waals surface area (Å²) in [6.45, 7) is 3.97. The summed E-state index contributed by atoms with van der Waals surface area (Å²) in [5, 5.41) is 10.6. The van der Waals surface area contributed by atoms with Gasteiger partial charge < -0.3 is 19.3 Å². The number of aromatic carboxylic acids is 1. The highest BCUT2D eigenvalue weighted by atomic mass is 16.5. The summed E-state index contributed by atoms with van der Waals surface area (Å²) in [6.07, 6.45) is 3.19. The molecule has 0 radical (unpaired) electrons. The van der Waals surface area contributed by atoms with Crippen LogP contribution in [0.1, 0.15) is 47.4 Å². The van der Waals surface area contributed by atoms with Gasteiger partial charge in [0, 0.05) is 10.9 Å². The van der Waals surface area contributed by atoms with Gasteiger partial charge in [-0.25, -0.2) is 9.78 Å². The number of rotatable bonds is 8. The van der Waals surface area contributed by atoms with Gasteiger partial charge in [-0.2, -0.15) is 0 Å². The summed E-state index contributed by atoms with van der Waals surface area (Å²) < 4.78 is 16.5. The lowest BCUT2D eigenvalue weighted by molar-refractivity contribution is 0.0697. The Labute approximate surface area is 182 Å². The number of carbonyl (C=O) groups is 1. The van der Waals surface area contributed by atoms with Crippen molar-refractivity contribution in [2.45, 2.75) is 26.7 Å². The first kappa shape index (κ1) is 22.2. The zero-order valence-corrected chi connectivity index (χ0v) is 18.5. The first-order chi connectivity index (χ1) is 15.0. The maximum absolute atomic E-state index is 12.2. The zero-order chi connectivity index (χ0) is 22.5. The molecule has 0 aliphatic rings. The molecule has 0 bridgehead atoms. The molecular formula is C25H27NO5. The van der Waals surface area contributed by atoms with Gasteiger partial charge in [-0.15, -0.1) is 0 Å². The Morgan fingerprint density at radius 2 is 1.71 bits per heavy atom. The van der Waals surface area contributed by atoms with Gasteiger partial charge >= 0.3 is 5.97 Å². The molecule has 0 amide bonds. The van der Waals surface area contributed by atoms with Gasteiger partial charge in [0.15, 0.2) is 11.5 Å². The van der Waals surface area contributed by atoms with Gasteiger partial charge in [-0.3, -0.25) is 0 Å². The summed E-state index contributed by atoms with van der Waals surface area (Å²) in [4.78, 5) is 17.0. The summed E-state index contributed by atoms with van der Waals surface area (Å²) in [7, 11) is 4.71. The molecular weight excluding hydrogens is 394 g/mol. The number of methoxy groups -OCH3 is 3. The van der Waals surface area contributed by atoms with E-state index in [1.165, 1.54) is 0 Å². The standard InChI is InChI=1S/C25H27NO5/c1-6-15(14-16-12-13-20(29-3)24(31-5)23(16)30-4)22-17(7-2)21(25(27)28)18-10-8-9-11-19(18)26-22/h8-14H,6-7H2,1-5H3,(H,27,28). The number of ether oxygens (including phenoxy) is 3. The molecule has 6 nitrogen and oxygen atoms in total. The quantitative estimate of drug-likeness (QED) is 0.519. The van der Waals surface area contributed by atoms with E-state index in [1.807, 2.05) is 50.3 Å². The van der Waals surface area contributed by atoms with Crippen molar-refractivity contribution in [3.8, 4) is 17.2 Å². The van der Waals surface area contributed by atoms with Gasteiger partial charge in [0.1, 0.15) is 0 Å². The van der Waals surface area contributed by atoms with Gasteiger partial charge in [0.05, 0.1) is 38.1 Å². The minimum Gasteiger partial charge on any atom is -0.493 e. The Morgan fingerprint density at radius 1 is 1.00 bits per heavy atom. The summed E-state index contributed by atoms with van der Waals surface area (Å²) >= 11 is 0. The molecule has 0 saturated heterocycles. The van der Waals surface area contributed by atoms with Crippen molar-refractivity contribution in [3.63, 3.8) is 0 Å². The van der Waals surface area contributed by atoms with Crippen molar-refractivity contribution in [1.82, 2.24) is 4.98 Å². The number of carboxylic acids is 1. The first-order valence-corrected chi connectivity index (χ1v) is 10.1. The second-order valence-electron chi connectivity index (χ2n) is 6.94. The molecule has 3 aromatic rings. The number of nitrogens with zero attached hydrogens (tertiary/aromatic N) is 1. The molecule has 162 valence electrons. The topological polar surface area (TPSA) is 77.9 Å². The van der Waals surface area contributed by atoms with Crippen molar-refractivity contribution in [2.75, 3.05) is 21.3 Å². The van der Waals surface area contributed by atoms with Crippen LogP contribution in [0, 0.1) is 0 Å². The van der Waals surface area contributed by atoms with Crippen LogP contribution >= 0.6 is 0 Å². The predicted octanol–water partition coefficient (Wildman–Crippen LogP) is 5.47. The maximum atomic E-state index is 12.2. The lowest BCUT2D eigenvalue weighted by Crippen LogP contribution is -2.09. The van der Waals surface area contributed by atoms with Crippen LogP contribution in [0.25, 0.3) is 22.6 Å². The van der Waals surface area contributed by atoms with Crippen molar-refractivity contribution in [1.29, 1.82) is 0 Å². The lowest BCUT2D eigenvalue weighted by Gasteiger charge is -2.17. The molecule has 0 aliphatic heterocycles. The maximum Gasteiger partial charge on any atom is 0.336 e. The number of allylic oxidation sites excluding steroid dienone is 1. The van der Waals surface area contributed by atoms with Gasteiger partial charge in [0.2, 0.25) is 5.75 Å². The van der Waals surface area contributed by atoms with Crippen LogP contribution < -0.4 is 14.2 Å². The van der Waals surface area contributed by atoms with E-state index in [0.717, 1.165) is 16.7 Å². The second kappa shape index (κ2) is 9.51. The molecule has 0 saturated carbocycles. The summed E-state index contributed by atoms with van der Waals surface area (Å²) in [5.74, 6) is 0.671. The van der Waals surface area contributed by atoms with Crippen molar-refractivity contribution in [2.24, 2.45) is 0 Å². The van der Waals surface area contributed by atoms with E-state index in [4.69, 9.17) is 19.2 Å². The van der Waals surface area contributed by atoms with E-state index in [9.17, 15) is 9.90 Å². The molecule has 1 N–H and O–H groups in total. The predicted molar refractivity (Wildman–Crippen MR) is 122 cm³/mol. The summed E-state index contributed by atoms with van der Waals surface area (Å²) in [6, 6.07) is 11.1.